The van der Waals surface area contributed by atoms with E-state index >= 15 is 0 Å². The van der Waals surface area contributed by atoms with E-state index in [1.807, 2.05) is 0 Å². The minimum atomic E-state index is -4.85. The van der Waals surface area contributed by atoms with Gasteiger partial charge >= 0.3 is 12.3 Å². The van der Waals surface area contributed by atoms with Crippen LogP contribution in [0.3, 0.4) is 0 Å². The van der Waals surface area contributed by atoms with Crippen molar-refractivity contribution in [2.45, 2.75) is 51.0 Å². The quantitative estimate of drug-likeness (QED) is 0.865. The third kappa shape index (κ3) is 4.26. The van der Waals surface area contributed by atoms with E-state index < -0.39 is 29.4 Å². The summed E-state index contributed by atoms with van der Waals surface area (Å²) in [5, 5.41) is 10.7. The Bertz CT molecular complexity index is 598. The molecule has 1 aliphatic heterocycles. The molecule has 0 unspecified atom stereocenters. The molecule has 1 aromatic carbocycles. The van der Waals surface area contributed by atoms with Gasteiger partial charge in [-0.1, -0.05) is 30.3 Å². The Morgan fingerprint density at radius 1 is 1.20 bits per heavy atom. The Hall–Kier alpha value is -1.76. The van der Waals surface area contributed by atoms with E-state index in [2.05, 4.69) is 0 Å². The second kappa shape index (κ2) is 6.86. The van der Waals surface area contributed by atoms with Gasteiger partial charge in [0, 0.05) is 19.0 Å². The minimum absolute atomic E-state index is 0.171. The lowest BCUT2D eigenvalue weighted by Gasteiger charge is -2.43. The highest BCUT2D eigenvalue weighted by Crippen LogP contribution is 2.47. The maximum absolute atomic E-state index is 13.8. The molecule has 1 aromatic rings. The second-order valence-electron chi connectivity index (χ2n) is 7.40. The maximum Gasteiger partial charge on any atom is 0.421 e. The van der Waals surface area contributed by atoms with Crippen LogP contribution in [0.25, 0.3) is 0 Å². The number of rotatable bonds is 2. The number of hydrogen-bond donors (Lipinski definition) is 1. The SMILES string of the molecule is CC(C)(C)OC(=O)N1CCC[C@@H]([C@](O)(c2ccccc2)C(F)(F)F)C1. The van der Waals surface area contributed by atoms with E-state index in [1.54, 1.807) is 26.8 Å². The molecule has 1 heterocycles. The number of aliphatic hydroxyl groups is 1. The average Bonchev–Trinajstić information content (AvgIpc) is 2.52. The predicted octanol–water partition coefficient (Wildman–Crippen LogP) is 4.08. The van der Waals surface area contributed by atoms with E-state index in [-0.39, 0.29) is 18.5 Å². The molecule has 1 aliphatic rings. The van der Waals surface area contributed by atoms with Crippen LogP contribution >= 0.6 is 0 Å². The zero-order valence-corrected chi connectivity index (χ0v) is 14.6. The van der Waals surface area contributed by atoms with Gasteiger partial charge in [0.05, 0.1) is 0 Å². The number of alkyl halides is 3. The van der Waals surface area contributed by atoms with Crippen molar-refractivity contribution in [1.82, 2.24) is 4.90 Å². The van der Waals surface area contributed by atoms with Gasteiger partial charge in [0.2, 0.25) is 0 Å². The monoisotopic (exact) mass is 359 g/mol. The summed E-state index contributed by atoms with van der Waals surface area (Å²) in [5.41, 5.74) is -3.95. The highest BCUT2D eigenvalue weighted by Gasteiger charge is 2.60. The zero-order chi connectivity index (χ0) is 18.9. The van der Waals surface area contributed by atoms with Crippen molar-refractivity contribution in [2.24, 2.45) is 5.92 Å². The highest BCUT2D eigenvalue weighted by atomic mass is 19.4. The number of ether oxygens (including phenoxy) is 1. The van der Waals surface area contributed by atoms with Gasteiger partial charge < -0.3 is 14.7 Å². The van der Waals surface area contributed by atoms with Gasteiger partial charge in [0.15, 0.2) is 5.60 Å². The largest absolute Gasteiger partial charge is 0.444 e. The number of hydrogen-bond acceptors (Lipinski definition) is 3. The molecule has 7 heteroatoms. The molecular formula is C18H24F3NO3. The lowest BCUT2D eigenvalue weighted by atomic mass is 9.76. The van der Waals surface area contributed by atoms with E-state index in [1.165, 1.54) is 29.2 Å². The van der Waals surface area contributed by atoms with Gasteiger partial charge in [-0.2, -0.15) is 13.2 Å². The number of amides is 1. The van der Waals surface area contributed by atoms with Crippen LogP contribution in [-0.2, 0) is 10.3 Å². The normalized spacial score (nSPS) is 21.6. The Kier molecular flexibility index (Phi) is 5.37. The maximum atomic E-state index is 13.8. The third-order valence-corrected chi connectivity index (χ3v) is 4.31. The number of carbonyl (C=O) groups excluding carboxylic acids is 1. The summed E-state index contributed by atoms with van der Waals surface area (Å²) in [6, 6.07) is 7.04. The molecule has 1 amide bonds. The zero-order valence-electron chi connectivity index (χ0n) is 14.6. The van der Waals surface area contributed by atoms with Crippen LogP contribution in [0.15, 0.2) is 30.3 Å². The van der Waals surface area contributed by atoms with Crippen LogP contribution in [-0.4, -0.2) is 41.0 Å². The van der Waals surface area contributed by atoms with Gasteiger partial charge in [0.1, 0.15) is 5.60 Å². The molecule has 1 saturated heterocycles. The first kappa shape index (κ1) is 19.6. The van der Waals surface area contributed by atoms with Crippen LogP contribution in [0.5, 0.6) is 0 Å². The molecule has 0 saturated carbocycles. The lowest BCUT2D eigenvalue weighted by molar-refractivity contribution is -0.290. The van der Waals surface area contributed by atoms with Crippen LogP contribution in [0.2, 0.25) is 0 Å². The standard InChI is InChI=1S/C18H24F3NO3/c1-16(2,3)25-15(23)22-11-7-10-14(12-22)17(24,18(19,20)21)13-8-5-4-6-9-13/h4-6,8-9,14,24H,7,10-12H2,1-3H3/t14-,17-/m1/s1. The Labute approximate surface area is 145 Å². The molecular weight excluding hydrogens is 335 g/mol. The Balaban J connectivity index is 2.28. The average molecular weight is 359 g/mol. The second-order valence-corrected chi connectivity index (χ2v) is 7.40. The van der Waals surface area contributed by atoms with Gasteiger partial charge in [0.25, 0.3) is 0 Å². The van der Waals surface area contributed by atoms with Gasteiger partial charge in [-0.05, 0) is 39.2 Å². The van der Waals surface area contributed by atoms with Crippen molar-refractivity contribution in [2.75, 3.05) is 13.1 Å². The van der Waals surface area contributed by atoms with Crippen LogP contribution in [0.1, 0.15) is 39.2 Å². The summed E-state index contributed by atoms with van der Waals surface area (Å²) in [4.78, 5) is 13.5. The van der Waals surface area contributed by atoms with Crippen LogP contribution in [0, 0.1) is 5.92 Å². The Morgan fingerprint density at radius 3 is 2.32 bits per heavy atom. The smallest absolute Gasteiger partial charge is 0.421 e. The van der Waals surface area contributed by atoms with E-state index in [4.69, 9.17) is 4.74 Å². The predicted molar refractivity (Wildman–Crippen MR) is 86.9 cm³/mol. The van der Waals surface area contributed by atoms with Crippen LogP contribution < -0.4 is 0 Å². The fraction of sp³-hybridized carbons (Fsp3) is 0.611. The fourth-order valence-corrected chi connectivity index (χ4v) is 3.13. The molecule has 0 spiro atoms. The lowest BCUT2D eigenvalue weighted by Crippen LogP contribution is -2.55. The molecule has 0 radical (unpaired) electrons. The van der Waals surface area contributed by atoms with Crippen LogP contribution in [0.4, 0.5) is 18.0 Å². The molecule has 2 atom stereocenters. The van der Waals surface area contributed by atoms with Crippen molar-refractivity contribution in [3.63, 3.8) is 0 Å². The molecule has 140 valence electrons. The first-order valence-corrected chi connectivity index (χ1v) is 8.27. The van der Waals surface area contributed by atoms with Crippen molar-refractivity contribution in [1.29, 1.82) is 0 Å². The number of nitrogens with zero attached hydrogens (tertiary/aromatic N) is 1. The van der Waals surface area contributed by atoms with Crippen molar-refractivity contribution in [3.05, 3.63) is 35.9 Å². The number of benzene rings is 1. The molecule has 2 rings (SSSR count). The Morgan fingerprint density at radius 2 is 1.80 bits per heavy atom. The number of carbonyl (C=O) groups is 1. The molecule has 25 heavy (non-hydrogen) atoms. The van der Waals surface area contributed by atoms with E-state index in [9.17, 15) is 23.1 Å². The summed E-state index contributed by atoms with van der Waals surface area (Å²) in [7, 11) is 0. The minimum Gasteiger partial charge on any atom is -0.444 e. The molecule has 0 aliphatic carbocycles. The first-order valence-electron chi connectivity index (χ1n) is 8.27. The number of halogens is 3. The third-order valence-electron chi connectivity index (χ3n) is 4.31. The van der Waals surface area contributed by atoms with Gasteiger partial charge in [-0.15, -0.1) is 0 Å². The summed E-state index contributed by atoms with van der Waals surface area (Å²) < 4.78 is 46.6. The molecule has 4 nitrogen and oxygen atoms in total. The molecule has 0 aromatic heterocycles. The summed E-state index contributed by atoms with van der Waals surface area (Å²) in [6.07, 6.45) is -4.97. The van der Waals surface area contributed by atoms with Crippen molar-refractivity contribution < 1.29 is 27.8 Å². The van der Waals surface area contributed by atoms with Crippen molar-refractivity contribution >= 4 is 6.09 Å². The topological polar surface area (TPSA) is 49.8 Å². The van der Waals surface area contributed by atoms with Gasteiger partial charge in [-0.3, -0.25) is 0 Å². The fourth-order valence-electron chi connectivity index (χ4n) is 3.13. The van der Waals surface area contributed by atoms with E-state index in [0.29, 0.717) is 13.0 Å². The summed E-state index contributed by atoms with van der Waals surface area (Å²) in [6.45, 7) is 5.20. The molecule has 0 bridgehead atoms. The summed E-state index contributed by atoms with van der Waals surface area (Å²) in [5.74, 6) is -1.16. The highest BCUT2D eigenvalue weighted by molar-refractivity contribution is 5.68. The number of likely N-dealkylation sites (tertiary alicyclic amines) is 1. The van der Waals surface area contributed by atoms with Gasteiger partial charge in [-0.25, -0.2) is 4.79 Å². The van der Waals surface area contributed by atoms with Crippen molar-refractivity contribution in [3.8, 4) is 0 Å². The summed E-state index contributed by atoms with van der Waals surface area (Å²) >= 11 is 0. The number of piperidine rings is 1. The molecule has 1 N–H and O–H groups in total. The first-order chi connectivity index (χ1) is 11.4. The van der Waals surface area contributed by atoms with E-state index in [0.717, 1.165) is 0 Å². The molecule has 1 fully saturated rings.